The highest BCUT2D eigenvalue weighted by molar-refractivity contribution is 7.98. The fourth-order valence-corrected chi connectivity index (χ4v) is 4.21. The van der Waals surface area contributed by atoms with Gasteiger partial charge in [0.05, 0.1) is 7.11 Å². The Labute approximate surface area is 197 Å². The maximum absolute atomic E-state index is 7.56. The second-order valence-corrected chi connectivity index (χ2v) is 9.62. The Morgan fingerprint density at radius 2 is 2.03 bits per heavy atom. The third kappa shape index (κ3) is 6.77. The van der Waals surface area contributed by atoms with Crippen LogP contribution in [0, 0.1) is 13.5 Å². The van der Waals surface area contributed by atoms with Gasteiger partial charge in [0.15, 0.2) is 0 Å². The molecule has 0 aliphatic rings. The number of nitrogens with two attached hydrogens (primary N) is 1. The predicted octanol–water partition coefficient (Wildman–Crippen LogP) is 5.84. The van der Waals surface area contributed by atoms with E-state index in [2.05, 4.69) is 39.4 Å². The molecule has 2 rings (SSSR count). The Kier molecular flexibility index (Phi) is 9.64. The number of aryl methyl sites for hydroxylation is 1. The normalized spacial score (nSPS) is 12.3. The predicted molar refractivity (Wildman–Crippen MR) is 137 cm³/mol. The second-order valence-electron chi connectivity index (χ2n) is 8.63. The van der Waals surface area contributed by atoms with Gasteiger partial charge in [0.2, 0.25) is 5.95 Å². The van der Waals surface area contributed by atoms with Crippen molar-refractivity contribution in [3.05, 3.63) is 52.0 Å². The van der Waals surface area contributed by atoms with Crippen molar-refractivity contribution in [2.75, 3.05) is 30.2 Å². The van der Waals surface area contributed by atoms with Crippen molar-refractivity contribution in [1.29, 1.82) is 0 Å². The summed E-state index contributed by atoms with van der Waals surface area (Å²) in [4.78, 5) is 12.8. The topological polar surface area (TPSA) is 77.4 Å². The Hall–Kier alpha value is -2.46. The molecule has 1 aromatic heterocycles. The minimum Gasteiger partial charge on any atom is -0.496 e. The standard InChI is InChI=1S/C25H37N5OS/c1-8-9-10-20(13-14-32-7)29-23-21(17(2)28-24(26)30-23)16-18-15-19(25(3,4)27-5)11-12-22(18)31-6/h11-12,15,20H,8-10,13-14,16H2,1-4,6-7H3,(H3,26,28,29,30)/t20-/m0/s1. The number of aromatic nitrogens is 2. The summed E-state index contributed by atoms with van der Waals surface area (Å²) >= 11 is 1.86. The lowest BCUT2D eigenvalue weighted by atomic mass is 9.91. The zero-order valence-corrected chi connectivity index (χ0v) is 21.1. The molecule has 2 aromatic rings. The second kappa shape index (κ2) is 12.0. The van der Waals surface area contributed by atoms with E-state index in [9.17, 15) is 0 Å². The molecule has 0 amide bonds. The van der Waals surface area contributed by atoms with Crippen molar-refractivity contribution in [3.8, 4) is 5.75 Å². The number of rotatable bonds is 12. The van der Waals surface area contributed by atoms with Gasteiger partial charge in [-0.05, 0) is 55.5 Å². The van der Waals surface area contributed by atoms with Crippen molar-refractivity contribution in [2.24, 2.45) is 0 Å². The fraction of sp³-hybridized carbons (Fsp3) is 0.560. The summed E-state index contributed by atoms with van der Waals surface area (Å²) in [5.41, 5.74) is 9.28. The molecule has 0 radical (unpaired) electrons. The van der Waals surface area contributed by atoms with Gasteiger partial charge in [-0.2, -0.15) is 16.7 Å². The van der Waals surface area contributed by atoms with E-state index in [0.29, 0.717) is 12.5 Å². The van der Waals surface area contributed by atoms with E-state index >= 15 is 0 Å². The first-order chi connectivity index (χ1) is 15.2. The smallest absolute Gasteiger partial charge is 0.252 e. The number of benzene rings is 1. The summed E-state index contributed by atoms with van der Waals surface area (Å²) < 4.78 is 5.64. The third-order valence-electron chi connectivity index (χ3n) is 5.78. The molecule has 0 fully saturated rings. The van der Waals surface area contributed by atoms with E-state index in [4.69, 9.17) is 17.0 Å². The van der Waals surface area contributed by atoms with Crippen LogP contribution in [0.1, 0.15) is 68.8 Å². The van der Waals surface area contributed by atoms with Crippen LogP contribution in [-0.2, 0) is 12.0 Å². The van der Waals surface area contributed by atoms with Crippen molar-refractivity contribution in [1.82, 2.24) is 9.97 Å². The lowest BCUT2D eigenvalue weighted by molar-refractivity contribution is 0.410. The number of thioether (sulfide) groups is 1. The van der Waals surface area contributed by atoms with Gasteiger partial charge in [-0.25, -0.2) is 11.6 Å². The highest BCUT2D eigenvalue weighted by atomic mass is 32.2. The van der Waals surface area contributed by atoms with E-state index in [-0.39, 0.29) is 5.95 Å². The molecule has 7 heteroatoms. The molecule has 0 saturated heterocycles. The zero-order chi connectivity index (χ0) is 23.7. The minimum atomic E-state index is -0.599. The molecule has 1 aromatic carbocycles. The molecule has 0 saturated carbocycles. The highest BCUT2D eigenvalue weighted by Crippen LogP contribution is 2.32. The molecular weight excluding hydrogens is 418 g/mol. The van der Waals surface area contributed by atoms with Gasteiger partial charge in [0.25, 0.3) is 5.54 Å². The number of unbranched alkanes of at least 4 members (excludes halogenated alkanes) is 1. The molecule has 0 aliphatic heterocycles. The molecule has 1 atom stereocenters. The molecule has 0 aliphatic carbocycles. The van der Waals surface area contributed by atoms with Crippen LogP contribution >= 0.6 is 11.8 Å². The van der Waals surface area contributed by atoms with Gasteiger partial charge in [-0.1, -0.05) is 19.8 Å². The first-order valence-electron chi connectivity index (χ1n) is 11.2. The van der Waals surface area contributed by atoms with Crippen LogP contribution < -0.4 is 15.8 Å². The molecule has 32 heavy (non-hydrogen) atoms. The summed E-state index contributed by atoms with van der Waals surface area (Å²) in [6, 6.07) is 6.32. The van der Waals surface area contributed by atoms with Gasteiger partial charge in [-0.3, -0.25) is 0 Å². The van der Waals surface area contributed by atoms with Gasteiger partial charge < -0.3 is 20.6 Å². The summed E-state index contributed by atoms with van der Waals surface area (Å²) in [6.07, 6.45) is 7.24. The Morgan fingerprint density at radius 1 is 1.28 bits per heavy atom. The van der Waals surface area contributed by atoms with Gasteiger partial charge in [0, 0.05) is 43.1 Å². The van der Waals surface area contributed by atoms with Crippen LogP contribution in [0.2, 0.25) is 0 Å². The van der Waals surface area contributed by atoms with Crippen molar-refractivity contribution in [2.45, 2.75) is 71.4 Å². The Bertz CT molecular complexity index is 931. The van der Waals surface area contributed by atoms with E-state index < -0.39 is 5.54 Å². The average Bonchev–Trinajstić information content (AvgIpc) is 2.77. The van der Waals surface area contributed by atoms with Crippen LogP contribution in [-0.4, -0.2) is 35.1 Å². The fourth-order valence-electron chi connectivity index (χ4n) is 3.69. The maximum atomic E-state index is 7.56. The number of ether oxygens (including phenoxy) is 1. The third-order valence-corrected chi connectivity index (χ3v) is 6.43. The van der Waals surface area contributed by atoms with E-state index in [1.807, 2.05) is 44.7 Å². The molecule has 0 unspecified atom stereocenters. The minimum absolute atomic E-state index is 0.280. The van der Waals surface area contributed by atoms with Gasteiger partial charge >= 0.3 is 0 Å². The number of nitrogens with one attached hydrogen (secondary N) is 1. The highest BCUT2D eigenvalue weighted by Gasteiger charge is 2.27. The maximum Gasteiger partial charge on any atom is 0.252 e. The van der Waals surface area contributed by atoms with Crippen LogP contribution in [0.4, 0.5) is 11.8 Å². The van der Waals surface area contributed by atoms with Crippen molar-refractivity contribution >= 4 is 23.5 Å². The van der Waals surface area contributed by atoms with E-state index in [0.717, 1.165) is 59.0 Å². The lowest BCUT2D eigenvalue weighted by Gasteiger charge is -2.22. The number of hydrogen-bond donors (Lipinski definition) is 2. The lowest BCUT2D eigenvalue weighted by Crippen LogP contribution is -2.23. The SMILES string of the molecule is [C-]#[N+]C(C)(C)c1ccc(OC)c(Cc2c(C)nc(N)nc2N[C@@H](CCCC)CCSC)c1. The Balaban J connectivity index is 2.46. The molecule has 174 valence electrons. The summed E-state index contributed by atoms with van der Waals surface area (Å²) in [6.45, 7) is 15.6. The zero-order valence-electron chi connectivity index (χ0n) is 20.3. The van der Waals surface area contributed by atoms with Gasteiger partial charge in [0.1, 0.15) is 11.6 Å². The van der Waals surface area contributed by atoms with Crippen LogP contribution in [0.5, 0.6) is 5.75 Å². The summed E-state index contributed by atoms with van der Waals surface area (Å²) in [5, 5.41) is 3.68. The number of nitrogens with zero attached hydrogens (tertiary/aromatic N) is 3. The molecule has 3 N–H and O–H groups in total. The Morgan fingerprint density at radius 3 is 2.66 bits per heavy atom. The first-order valence-corrected chi connectivity index (χ1v) is 12.6. The molecule has 6 nitrogen and oxygen atoms in total. The quantitative estimate of drug-likeness (QED) is 0.391. The molecule has 0 spiro atoms. The largest absolute Gasteiger partial charge is 0.496 e. The molecular formula is C25H37N5OS. The van der Waals surface area contributed by atoms with Crippen molar-refractivity contribution in [3.63, 3.8) is 0 Å². The van der Waals surface area contributed by atoms with Crippen LogP contribution in [0.3, 0.4) is 0 Å². The van der Waals surface area contributed by atoms with Crippen molar-refractivity contribution < 1.29 is 4.74 Å². The molecule has 0 bridgehead atoms. The summed E-state index contributed by atoms with van der Waals surface area (Å²) in [7, 11) is 1.67. The van der Waals surface area contributed by atoms with E-state index in [1.54, 1.807) is 7.11 Å². The monoisotopic (exact) mass is 455 g/mol. The number of anilines is 2. The molecule has 1 heterocycles. The van der Waals surface area contributed by atoms with Crippen LogP contribution in [0.15, 0.2) is 18.2 Å². The van der Waals surface area contributed by atoms with Gasteiger partial charge in [-0.15, -0.1) is 0 Å². The average molecular weight is 456 g/mol. The number of nitrogen functional groups attached to an aromatic ring is 1. The van der Waals surface area contributed by atoms with Crippen LogP contribution in [0.25, 0.3) is 4.85 Å². The number of methoxy groups -OCH3 is 1. The first kappa shape index (κ1) is 25.8. The number of hydrogen-bond acceptors (Lipinski definition) is 6. The summed E-state index contributed by atoms with van der Waals surface area (Å²) in [5.74, 6) is 2.97. The van der Waals surface area contributed by atoms with E-state index in [1.165, 1.54) is 6.42 Å².